The number of nitrogens with two attached hydrogens (primary N) is 1. The van der Waals surface area contributed by atoms with Gasteiger partial charge in [-0.3, -0.25) is 40.2 Å². The molecule has 0 saturated heterocycles. The number of carboxylic acids is 1. The molecule has 0 heterocycles. The third kappa shape index (κ3) is 14.0. The Morgan fingerprint density at radius 3 is 1.32 bits per heavy atom. The van der Waals surface area contributed by atoms with Crippen LogP contribution in [-0.2, 0) is 0 Å². The molecular formula is C40H56N6O14. The highest BCUT2D eigenvalue weighted by molar-refractivity contribution is 5.98. The number of carboxylic acid groups (broad SMARTS) is 1. The quantitative estimate of drug-likeness (QED) is 0.0347. The number of phenols is 3. The number of rotatable bonds is 8. The number of nitrogens with zero attached hydrogens (tertiary/aromatic N) is 4. The first-order chi connectivity index (χ1) is 28.1. The molecule has 60 heavy (non-hydrogen) atoms. The van der Waals surface area contributed by atoms with Crippen molar-refractivity contribution in [1.29, 1.82) is 0 Å². The molecule has 3 fully saturated rings. The van der Waals surface area contributed by atoms with Crippen molar-refractivity contribution in [3.63, 3.8) is 0 Å². The van der Waals surface area contributed by atoms with Crippen LogP contribution in [0.3, 0.4) is 0 Å². The van der Waals surface area contributed by atoms with E-state index in [0.717, 1.165) is 87.5 Å². The summed E-state index contributed by atoms with van der Waals surface area (Å²) in [6.07, 6.45) is 15.3. The molecule has 0 bridgehead atoms. The van der Waals surface area contributed by atoms with Gasteiger partial charge >= 0.3 is 17.3 Å². The first-order valence-electron chi connectivity index (χ1n) is 19.3. The average Bonchev–Trinajstić information content (AvgIpc) is 3.25. The minimum atomic E-state index is -1.40. The molecule has 3 aromatic rings. The van der Waals surface area contributed by atoms with Crippen molar-refractivity contribution in [2.75, 3.05) is 5.73 Å². The van der Waals surface area contributed by atoms with Gasteiger partial charge < -0.3 is 31.4 Å². The van der Waals surface area contributed by atoms with Crippen LogP contribution in [0, 0.1) is 20.2 Å². The van der Waals surface area contributed by atoms with E-state index in [1.807, 2.05) is 0 Å². The second-order valence-electron chi connectivity index (χ2n) is 14.3. The van der Waals surface area contributed by atoms with Crippen LogP contribution < -0.4 is 11.2 Å². The fraction of sp³-hybridized carbons (Fsp3) is 0.475. The zero-order valence-electron chi connectivity index (χ0n) is 32.4. The van der Waals surface area contributed by atoms with Gasteiger partial charge in [-0.15, -0.1) is 0 Å². The molecule has 330 valence electrons. The van der Waals surface area contributed by atoms with E-state index in [4.69, 9.17) is 21.2 Å². The van der Waals surface area contributed by atoms with Gasteiger partial charge in [-0.2, -0.15) is 0 Å². The minimum Gasteiger partial charge on any atom is -0.505 e. The number of hydroxylamine groups is 5. The second kappa shape index (κ2) is 24.7. The molecule has 0 spiro atoms. The molecule has 3 aromatic carbocycles. The predicted octanol–water partition coefficient (Wildman–Crippen LogP) is 7.54. The molecule has 20 heteroatoms. The number of nitro groups is 2. The number of carbonyl (C=O) groups excluding carboxylic acids is 2. The molecule has 3 saturated carbocycles. The van der Waals surface area contributed by atoms with Gasteiger partial charge in [-0.25, -0.2) is 20.4 Å². The fourth-order valence-electron chi connectivity index (χ4n) is 6.90. The molecule has 10 N–H and O–H groups in total. The summed E-state index contributed by atoms with van der Waals surface area (Å²) < 4.78 is 0. The number of phenolic OH excluding ortho intramolecular Hbond substituents is 2. The molecule has 3 aliphatic carbocycles. The van der Waals surface area contributed by atoms with E-state index >= 15 is 0 Å². The van der Waals surface area contributed by atoms with Gasteiger partial charge in [0.25, 0.3) is 11.8 Å². The SMILES string of the molecule is C.Nc1cccc(C(=O)N(O)C2CCCCC2)c1O.O=C(O)c1cccc([N+](=O)[O-])c1O.O=C(c1cccc([N+](=O)[O-])c1O)N(O)C1CCCCC1.ONC1CCCCC1. The van der Waals surface area contributed by atoms with Crippen LogP contribution in [0.2, 0.25) is 0 Å². The van der Waals surface area contributed by atoms with Gasteiger partial charge in [0.15, 0.2) is 5.75 Å². The van der Waals surface area contributed by atoms with Crippen molar-refractivity contribution >= 4 is 34.8 Å². The first-order valence-corrected chi connectivity index (χ1v) is 19.3. The van der Waals surface area contributed by atoms with Gasteiger partial charge in [-0.1, -0.05) is 83.4 Å². The monoisotopic (exact) mass is 844 g/mol. The van der Waals surface area contributed by atoms with Crippen LogP contribution in [0.25, 0.3) is 0 Å². The number of nitrogen functional groups attached to an aromatic ring is 1. The summed E-state index contributed by atoms with van der Waals surface area (Å²) in [7, 11) is 0. The lowest BCUT2D eigenvalue weighted by atomic mass is 9.95. The lowest BCUT2D eigenvalue weighted by Gasteiger charge is -2.29. The van der Waals surface area contributed by atoms with Crippen molar-refractivity contribution in [2.24, 2.45) is 0 Å². The molecule has 20 nitrogen and oxygen atoms in total. The zero-order chi connectivity index (χ0) is 43.6. The largest absolute Gasteiger partial charge is 0.505 e. The third-order valence-electron chi connectivity index (χ3n) is 10.2. The van der Waals surface area contributed by atoms with E-state index in [-0.39, 0.29) is 42.1 Å². The Morgan fingerprint density at radius 1 is 0.600 bits per heavy atom. The number of carbonyl (C=O) groups is 3. The predicted molar refractivity (Wildman–Crippen MR) is 217 cm³/mol. The highest BCUT2D eigenvalue weighted by atomic mass is 16.6. The highest BCUT2D eigenvalue weighted by Crippen LogP contribution is 2.32. The number of benzene rings is 3. The maximum absolute atomic E-state index is 12.1. The molecule has 0 atom stereocenters. The number of hydrogen-bond donors (Lipinski definition) is 9. The summed E-state index contributed by atoms with van der Waals surface area (Å²) in [5.41, 5.74) is 6.13. The Morgan fingerprint density at radius 2 is 0.950 bits per heavy atom. The lowest BCUT2D eigenvalue weighted by Crippen LogP contribution is -2.38. The number of nitro benzene ring substituents is 2. The van der Waals surface area contributed by atoms with Crippen LogP contribution in [0.4, 0.5) is 17.1 Å². The van der Waals surface area contributed by atoms with E-state index in [2.05, 4.69) is 5.48 Å². The Kier molecular flexibility index (Phi) is 20.6. The van der Waals surface area contributed by atoms with Crippen molar-refractivity contribution in [1.82, 2.24) is 15.6 Å². The molecule has 0 radical (unpaired) electrons. The summed E-state index contributed by atoms with van der Waals surface area (Å²) in [6.45, 7) is 0. The van der Waals surface area contributed by atoms with E-state index < -0.39 is 56.1 Å². The van der Waals surface area contributed by atoms with E-state index in [1.165, 1.54) is 49.6 Å². The standard InChI is InChI=1S/C13H16N2O5.C13H18N2O3.C7H5NO5.C6H13NO.CH4/c16-12-10(7-4-8-11(12)15(19)20)13(17)14(18)9-5-2-1-3-6-9;14-11-8-4-7-10(12(11)16)13(17)15(18)9-5-2-1-3-6-9;9-6-4(7(10)11)2-1-3-5(6)8(12)13;8-7-6-4-2-1-3-5-6;/h4,7-9,16,18H,1-3,5-6H2;4,7-9,16,18H,1-3,5-6,14H2;1-3,9H,(H,10,11);6-8H,1-5H2;1H4. The topological polar surface area (TPSA) is 324 Å². The van der Waals surface area contributed by atoms with Gasteiger partial charge in [-0.05, 0) is 62.8 Å². The molecule has 2 amide bonds. The highest BCUT2D eigenvalue weighted by Gasteiger charge is 2.30. The van der Waals surface area contributed by atoms with Crippen molar-refractivity contribution in [2.45, 2.75) is 122 Å². The molecule has 0 aromatic heterocycles. The maximum Gasteiger partial charge on any atom is 0.339 e. The summed E-state index contributed by atoms with van der Waals surface area (Å²) >= 11 is 0. The average molecular weight is 845 g/mol. The van der Waals surface area contributed by atoms with Gasteiger partial charge in [0.2, 0.25) is 11.5 Å². The van der Waals surface area contributed by atoms with Gasteiger partial charge in [0.05, 0.1) is 38.7 Å². The summed E-state index contributed by atoms with van der Waals surface area (Å²) in [5, 5.41) is 87.8. The van der Waals surface area contributed by atoms with Crippen LogP contribution in [-0.4, -0.2) is 91.9 Å². The third-order valence-corrected chi connectivity index (χ3v) is 10.2. The van der Waals surface area contributed by atoms with Crippen LogP contribution in [0.15, 0.2) is 54.6 Å². The smallest absolute Gasteiger partial charge is 0.339 e. The first kappa shape index (κ1) is 50.1. The molecule has 0 unspecified atom stereocenters. The van der Waals surface area contributed by atoms with Gasteiger partial charge in [0.1, 0.15) is 5.56 Å². The Balaban J connectivity index is 0.000000286. The van der Waals surface area contributed by atoms with E-state index in [1.54, 1.807) is 6.07 Å². The number of anilines is 1. The number of para-hydroxylation sites is 3. The number of aromatic hydroxyl groups is 3. The summed E-state index contributed by atoms with van der Waals surface area (Å²) in [5.74, 6) is -4.60. The zero-order valence-corrected chi connectivity index (χ0v) is 32.4. The summed E-state index contributed by atoms with van der Waals surface area (Å²) in [4.78, 5) is 54.0. The van der Waals surface area contributed by atoms with Gasteiger partial charge in [0, 0.05) is 18.2 Å². The number of amides is 2. The number of hydrogen-bond acceptors (Lipinski definition) is 15. The van der Waals surface area contributed by atoms with Crippen LogP contribution in [0.1, 0.15) is 135 Å². The Labute approximate surface area is 346 Å². The second-order valence-corrected chi connectivity index (χ2v) is 14.3. The molecular weight excluding hydrogens is 788 g/mol. The van der Waals surface area contributed by atoms with Crippen molar-refractivity contribution in [3.05, 3.63) is 91.5 Å². The maximum atomic E-state index is 12.1. The molecule has 0 aliphatic heterocycles. The fourth-order valence-corrected chi connectivity index (χ4v) is 6.90. The number of aromatic carboxylic acids is 1. The number of nitrogens with one attached hydrogen (secondary N) is 1. The van der Waals surface area contributed by atoms with E-state index in [0.29, 0.717) is 23.9 Å². The summed E-state index contributed by atoms with van der Waals surface area (Å²) in [6, 6.07) is 11.5. The van der Waals surface area contributed by atoms with Crippen LogP contribution in [0.5, 0.6) is 17.2 Å². The van der Waals surface area contributed by atoms with Crippen LogP contribution >= 0.6 is 0 Å². The Bertz CT molecular complexity index is 1860. The van der Waals surface area contributed by atoms with Crippen molar-refractivity contribution in [3.8, 4) is 17.2 Å². The van der Waals surface area contributed by atoms with E-state index in [9.17, 15) is 55.2 Å². The normalized spacial score (nSPS) is 15.4. The molecule has 3 aliphatic rings. The minimum absolute atomic E-state index is 0. The Hall–Kier alpha value is -6.09. The van der Waals surface area contributed by atoms with Crippen molar-refractivity contribution < 1.29 is 60.3 Å². The lowest BCUT2D eigenvalue weighted by molar-refractivity contribution is -0.386. The molecule has 6 rings (SSSR count).